The van der Waals surface area contributed by atoms with Crippen LogP contribution in [-0.4, -0.2) is 31.9 Å². The van der Waals surface area contributed by atoms with Crippen LogP contribution in [0, 0.1) is 11.6 Å². The van der Waals surface area contributed by atoms with Gasteiger partial charge in [-0.05, 0) is 43.2 Å². The number of rotatable bonds is 6. The van der Waals surface area contributed by atoms with Crippen molar-refractivity contribution in [1.29, 1.82) is 0 Å². The lowest BCUT2D eigenvalue weighted by molar-refractivity contribution is 0.0980. The van der Waals surface area contributed by atoms with E-state index in [1.807, 2.05) is 6.07 Å². The van der Waals surface area contributed by atoms with Crippen molar-refractivity contribution in [3.63, 3.8) is 0 Å². The number of nitrogens with zero attached hydrogens (tertiary/aromatic N) is 3. The van der Waals surface area contributed by atoms with Crippen LogP contribution < -0.4 is 4.90 Å². The molecule has 0 spiro atoms. The molecular weight excluding hydrogens is 503 g/mol. The van der Waals surface area contributed by atoms with E-state index in [9.17, 15) is 27.9 Å². The fourth-order valence-electron chi connectivity index (χ4n) is 3.71. The molecule has 12 heteroatoms. The molecule has 2 aromatic heterocycles. The summed E-state index contributed by atoms with van der Waals surface area (Å²) < 4.78 is 45.9. The van der Waals surface area contributed by atoms with Crippen LogP contribution in [0.25, 0.3) is 22.2 Å². The number of hydrogen-bond acceptors (Lipinski definition) is 5. The fourth-order valence-corrected chi connectivity index (χ4v) is 4.62. The van der Waals surface area contributed by atoms with E-state index in [2.05, 4.69) is 9.97 Å². The van der Waals surface area contributed by atoms with Crippen molar-refractivity contribution in [2.75, 3.05) is 11.2 Å². The summed E-state index contributed by atoms with van der Waals surface area (Å²) in [7, 11) is -4.84. The highest BCUT2D eigenvalue weighted by molar-refractivity contribution is 7.51. The maximum Gasteiger partial charge on any atom is 0.345 e. The van der Waals surface area contributed by atoms with Crippen LogP contribution in [-0.2, 0) is 4.57 Å². The average molecular weight is 520 g/mol. The van der Waals surface area contributed by atoms with Gasteiger partial charge in [-0.2, -0.15) is 0 Å². The summed E-state index contributed by atoms with van der Waals surface area (Å²) in [5.41, 5.74) is 0.434. The van der Waals surface area contributed by atoms with Crippen molar-refractivity contribution >= 4 is 41.9 Å². The summed E-state index contributed by atoms with van der Waals surface area (Å²) in [6.45, 7) is 0. The van der Waals surface area contributed by atoms with Crippen LogP contribution in [0.1, 0.15) is 34.9 Å². The first kappa shape index (κ1) is 23.6. The molecule has 2 N–H and O–H groups in total. The molecule has 5 rings (SSSR count). The minimum Gasteiger partial charge on any atom is -0.461 e. The molecule has 8 nitrogen and oxygen atoms in total. The number of fused-ring (bicyclic) bond motifs is 1. The first-order chi connectivity index (χ1) is 16.6. The number of amides is 1. The predicted molar refractivity (Wildman–Crippen MR) is 124 cm³/mol. The Kier molecular flexibility index (Phi) is 5.93. The lowest BCUT2D eigenvalue weighted by atomic mass is 10.1. The number of carbonyl (C=O) groups excluding carboxylic acids is 1. The lowest BCUT2D eigenvalue weighted by Crippen LogP contribution is -2.34. The number of halogens is 3. The molecule has 1 aliphatic carbocycles. The zero-order valence-corrected chi connectivity index (χ0v) is 19.5. The van der Waals surface area contributed by atoms with Gasteiger partial charge in [-0.1, -0.05) is 17.7 Å². The second kappa shape index (κ2) is 8.80. The van der Waals surface area contributed by atoms with Crippen molar-refractivity contribution in [3.05, 3.63) is 76.8 Å². The zero-order valence-electron chi connectivity index (χ0n) is 17.9. The predicted octanol–water partition coefficient (Wildman–Crippen LogP) is 5.48. The molecule has 0 saturated heterocycles. The molecule has 0 unspecified atom stereocenters. The van der Waals surface area contributed by atoms with E-state index >= 15 is 0 Å². The first-order valence-corrected chi connectivity index (χ1v) is 12.6. The summed E-state index contributed by atoms with van der Waals surface area (Å²) in [4.78, 5) is 40.6. The molecule has 1 amide bonds. The van der Waals surface area contributed by atoms with Crippen LogP contribution in [0.5, 0.6) is 0 Å². The summed E-state index contributed by atoms with van der Waals surface area (Å²) in [6.07, 6.45) is 3.31. The van der Waals surface area contributed by atoms with Crippen molar-refractivity contribution in [2.24, 2.45) is 0 Å². The quantitative estimate of drug-likeness (QED) is 0.324. The Labute approximate surface area is 202 Å². The Bertz CT molecular complexity index is 1480. The van der Waals surface area contributed by atoms with Gasteiger partial charge in [0, 0.05) is 16.9 Å². The Morgan fingerprint density at radius 2 is 1.86 bits per heavy atom. The van der Waals surface area contributed by atoms with Gasteiger partial charge in [0.2, 0.25) is 0 Å². The maximum absolute atomic E-state index is 14.2. The minimum atomic E-state index is -4.84. The van der Waals surface area contributed by atoms with Crippen LogP contribution >= 0.6 is 19.2 Å². The Morgan fingerprint density at radius 1 is 1.14 bits per heavy atom. The molecular formula is C23H17ClF2N3O5P. The van der Waals surface area contributed by atoms with E-state index in [0.717, 1.165) is 48.4 Å². The van der Waals surface area contributed by atoms with Gasteiger partial charge in [0.15, 0.2) is 5.82 Å². The molecule has 2 heterocycles. The standard InChI is InChI=1S/C23H17ClF2N3O5P/c24-15-6-13-7-19(12-4-5-12)34-20(13)8-14(15)18-9-28-21(10-27-18)29(11-35(31,32)33)23(30)22-16(25)2-1-3-17(22)26/h1-3,6-10,12H,4-5,11H2,(H2,31,32,33). The highest BCUT2D eigenvalue weighted by Crippen LogP contribution is 2.43. The second-order valence-corrected chi connectivity index (χ2v) is 10.2. The van der Waals surface area contributed by atoms with Crippen LogP contribution in [0.2, 0.25) is 5.02 Å². The summed E-state index contributed by atoms with van der Waals surface area (Å²) >= 11 is 6.44. The van der Waals surface area contributed by atoms with Gasteiger partial charge >= 0.3 is 7.60 Å². The molecule has 1 saturated carbocycles. The number of furan rings is 1. The second-order valence-electron chi connectivity index (χ2n) is 8.19. The molecule has 0 aliphatic heterocycles. The third kappa shape index (κ3) is 4.83. The topological polar surface area (TPSA) is 117 Å². The zero-order chi connectivity index (χ0) is 24.9. The minimum absolute atomic E-state index is 0.297. The Balaban J connectivity index is 1.51. The number of carbonyl (C=O) groups is 1. The van der Waals surface area contributed by atoms with Gasteiger partial charge in [-0.25, -0.2) is 13.8 Å². The molecule has 180 valence electrons. The third-order valence-corrected chi connectivity index (χ3v) is 6.51. The molecule has 1 aliphatic rings. The van der Waals surface area contributed by atoms with E-state index in [-0.39, 0.29) is 5.82 Å². The SMILES string of the molecule is O=C(c1c(F)cccc1F)N(CP(=O)(O)O)c1cnc(-c2cc3oc(C4CC4)cc3cc2Cl)cn1. The van der Waals surface area contributed by atoms with E-state index in [0.29, 0.717) is 32.7 Å². The van der Waals surface area contributed by atoms with Gasteiger partial charge in [0.1, 0.15) is 34.8 Å². The summed E-state index contributed by atoms with van der Waals surface area (Å²) in [5.74, 6) is -2.68. The van der Waals surface area contributed by atoms with E-state index < -0.39 is 37.0 Å². The van der Waals surface area contributed by atoms with Crippen molar-refractivity contribution in [3.8, 4) is 11.3 Å². The van der Waals surface area contributed by atoms with Crippen LogP contribution in [0.3, 0.4) is 0 Å². The van der Waals surface area contributed by atoms with Gasteiger partial charge in [-0.3, -0.25) is 19.2 Å². The van der Waals surface area contributed by atoms with Gasteiger partial charge in [0.05, 0.1) is 23.1 Å². The van der Waals surface area contributed by atoms with Gasteiger partial charge in [0.25, 0.3) is 5.91 Å². The first-order valence-electron chi connectivity index (χ1n) is 10.5. The number of hydrogen-bond donors (Lipinski definition) is 2. The number of benzene rings is 2. The Hall–Kier alpha value is -3.17. The molecule has 0 radical (unpaired) electrons. The van der Waals surface area contributed by atoms with Crippen LogP contribution in [0.4, 0.5) is 14.6 Å². The van der Waals surface area contributed by atoms with E-state index in [1.54, 1.807) is 12.1 Å². The highest BCUT2D eigenvalue weighted by atomic mass is 35.5. The summed E-state index contributed by atoms with van der Waals surface area (Å²) in [6, 6.07) is 8.19. The fraction of sp³-hybridized carbons (Fsp3) is 0.174. The monoisotopic (exact) mass is 519 g/mol. The maximum atomic E-state index is 14.2. The molecule has 4 aromatic rings. The molecule has 2 aromatic carbocycles. The average Bonchev–Trinajstić information content (AvgIpc) is 3.56. The molecule has 0 bridgehead atoms. The Morgan fingerprint density at radius 3 is 2.46 bits per heavy atom. The van der Waals surface area contributed by atoms with Gasteiger partial charge < -0.3 is 14.2 Å². The molecule has 0 atom stereocenters. The summed E-state index contributed by atoms with van der Waals surface area (Å²) in [5, 5.41) is 1.22. The van der Waals surface area contributed by atoms with Gasteiger partial charge in [-0.15, -0.1) is 0 Å². The van der Waals surface area contributed by atoms with Crippen molar-refractivity contribution < 1.29 is 32.3 Å². The lowest BCUT2D eigenvalue weighted by Gasteiger charge is -2.22. The van der Waals surface area contributed by atoms with E-state index in [4.69, 9.17) is 16.0 Å². The normalized spacial score (nSPS) is 13.9. The third-order valence-electron chi connectivity index (χ3n) is 5.54. The smallest absolute Gasteiger partial charge is 0.345 e. The van der Waals surface area contributed by atoms with Crippen LogP contribution in [0.15, 0.2) is 53.2 Å². The highest BCUT2D eigenvalue weighted by Gasteiger charge is 2.31. The molecule has 1 fully saturated rings. The van der Waals surface area contributed by atoms with E-state index in [1.165, 1.54) is 6.20 Å². The van der Waals surface area contributed by atoms with Crippen molar-refractivity contribution in [2.45, 2.75) is 18.8 Å². The number of aromatic nitrogens is 2. The van der Waals surface area contributed by atoms with Crippen molar-refractivity contribution in [1.82, 2.24) is 9.97 Å². The largest absolute Gasteiger partial charge is 0.461 e. The number of anilines is 1. The molecule has 35 heavy (non-hydrogen) atoms.